The van der Waals surface area contributed by atoms with E-state index in [1.807, 2.05) is 13.8 Å². The maximum absolute atomic E-state index is 12.2. The molecule has 0 aromatic carbocycles. The molecule has 0 N–H and O–H groups in total. The molecule has 0 aromatic rings. The first-order chi connectivity index (χ1) is 15.5. The Balaban J connectivity index is -0.0000000692. The minimum atomic E-state index is -5.14. The number of alkyl halides is 8. The van der Waals surface area contributed by atoms with E-state index in [1.54, 1.807) is 0 Å². The van der Waals surface area contributed by atoms with Gasteiger partial charge in [0.1, 0.15) is 0 Å². The van der Waals surface area contributed by atoms with Gasteiger partial charge >= 0.3 is 36.2 Å². The number of hydrogen-bond donors (Lipinski definition) is 0. The van der Waals surface area contributed by atoms with Gasteiger partial charge in [-0.15, -0.1) is 0 Å². The van der Waals surface area contributed by atoms with E-state index in [9.17, 15) is 54.3 Å². The first-order valence-electron chi connectivity index (χ1n) is 9.83. The molecular weight excluding hydrogens is 556 g/mol. The highest BCUT2D eigenvalue weighted by molar-refractivity contribution is 5.76. The Bertz CT molecular complexity index is 676. The van der Waals surface area contributed by atoms with Crippen LogP contribution in [0.5, 0.6) is 0 Å². The second kappa shape index (κ2) is 22.2. The van der Waals surface area contributed by atoms with Crippen molar-refractivity contribution in [2.45, 2.75) is 128 Å². The minimum absolute atomic E-state index is 0. The van der Waals surface area contributed by atoms with Gasteiger partial charge in [0.15, 0.2) is 0 Å². The quantitative estimate of drug-likeness (QED) is 0.187. The normalized spacial score (nSPS) is 10.6. The molecular formula is C23H44F8O8. The van der Waals surface area contributed by atoms with Crippen molar-refractivity contribution >= 4 is 23.9 Å². The van der Waals surface area contributed by atoms with Gasteiger partial charge in [-0.2, -0.15) is 35.1 Å². The highest BCUT2D eigenvalue weighted by Gasteiger charge is 2.44. The molecule has 0 aliphatic carbocycles. The summed E-state index contributed by atoms with van der Waals surface area (Å²) in [5.41, 5.74) is 0. The van der Waals surface area contributed by atoms with Crippen LogP contribution < -0.4 is 0 Å². The van der Waals surface area contributed by atoms with E-state index in [0.717, 1.165) is 0 Å². The topological polar surface area (TPSA) is 105 Å². The number of hydrogen-bond acceptors (Lipinski definition) is 8. The smallest absolute Gasteiger partial charge is 0.463 e. The number of halogens is 8. The Morgan fingerprint density at radius 2 is 0.795 bits per heavy atom. The summed E-state index contributed by atoms with van der Waals surface area (Å²) in [6, 6.07) is 0. The van der Waals surface area contributed by atoms with Crippen molar-refractivity contribution in [3.63, 3.8) is 0 Å². The summed E-state index contributed by atoms with van der Waals surface area (Å²) in [6.45, 7) is 12.7. The van der Waals surface area contributed by atoms with Gasteiger partial charge in [-0.1, -0.05) is 22.3 Å². The molecule has 0 amide bonds. The maximum atomic E-state index is 12.2. The van der Waals surface area contributed by atoms with Gasteiger partial charge < -0.3 is 18.9 Å². The molecule has 0 radical (unpaired) electrons. The standard InChI is InChI=1S/C5H6F4O2.C5H7F3O2.C5H9FO2.C5H10O2.3CH4/c1-4(2,6)11-3(10)5(7,8)9;1-3(2)10-4(9)5(6,7)8;1-4(7)8-5(2,3)6;1-4(2)7-5(3)6;;;/h1-2H3;3H,1-2H3;1-3H3;4H,1-3H3;3*1H4. The van der Waals surface area contributed by atoms with Crippen molar-refractivity contribution in [2.24, 2.45) is 0 Å². The second-order valence-electron chi connectivity index (χ2n) is 7.82. The molecule has 16 heteroatoms. The van der Waals surface area contributed by atoms with Crippen LogP contribution in [0.3, 0.4) is 0 Å². The molecule has 0 aliphatic heterocycles. The van der Waals surface area contributed by atoms with Gasteiger partial charge in [-0.05, 0) is 27.7 Å². The zero-order valence-electron chi connectivity index (χ0n) is 21.4. The molecule has 0 heterocycles. The fourth-order valence-electron chi connectivity index (χ4n) is 1.23. The Morgan fingerprint density at radius 1 is 0.513 bits per heavy atom. The molecule has 0 fully saturated rings. The molecule has 8 nitrogen and oxygen atoms in total. The summed E-state index contributed by atoms with van der Waals surface area (Å²) in [5, 5.41) is 0. The Kier molecular flexibility index (Phi) is 30.0. The summed E-state index contributed by atoms with van der Waals surface area (Å²) in [6.07, 6.45) is -10.7. The predicted octanol–water partition coefficient (Wildman–Crippen LogP) is 7.42. The molecule has 0 unspecified atom stereocenters. The highest BCUT2D eigenvalue weighted by atomic mass is 19.4. The lowest BCUT2D eigenvalue weighted by molar-refractivity contribution is -0.224. The Hall–Kier alpha value is -2.68. The third-order valence-electron chi connectivity index (χ3n) is 1.93. The molecule has 0 atom stereocenters. The van der Waals surface area contributed by atoms with E-state index in [1.165, 1.54) is 41.5 Å². The summed E-state index contributed by atoms with van der Waals surface area (Å²) < 4.78 is 108. The number of rotatable bonds is 4. The van der Waals surface area contributed by atoms with E-state index in [2.05, 4.69) is 18.9 Å². The number of esters is 4. The molecule has 0 saturated heterocycles. The van der Waals surface area contributed by atoms with Crippen LogP contribution in [0, 0.1) is 0 Å². The van der Waals surface area contributed by atoms with Gasteiger partial charge in [0.2, 0.25) is 11.7 Å². The molecule has 0 spiro atoms. The predicted molar refractivity (Wildman–Crippen MR) is 129 cm³/mol. The molecule has 0 bridgehead atoms. The van der Waals surface area contributed by atoms with Crippen LogP contribution in [0.4, 0.5) is 35.1 Å². The average molecular weight is 601 g/mol. The summed E-state index contributed by atoms with van der Waals surface area (Å²) in [7, 11) is 0. The molecule has 0 saturated carbocycles. The first kappa shape index (κ1) is 52.7. The van der Waals surface area contributed by atoms with Gasteiger partial charge in [0.05, 0.1) is 12.2 Å². The zero-order valence-corrected chi connectivity index (χ0v) is 21.4. The molecule has 240 valence electrons. The van der Waals surface area contributed by atoms with E-state index < -0.39 is 48.1 Å². The van der Waals surface area contributed by atoms with Crippen molar-refractivity contribution in [1.29, 1.82) is 0 Å². The monoisotopic (exact) mass is 600 g/mol. The molecule has 0 aliphatic rings. The van der Waals surface area contributed by atoms with E-state index >= 15 is 0 Å². The lowest BCUT2D eigenvalue weighted by Crippen LogP contribution is -2.32. The third-order valence-corrected chi connectivity index (χ3v) is 1.93. The van der Waals surface area contributed by atoms with Crippen LogP contribution in [-0.4, -0.2) is 60.1 Å². The third kappa shape index (κ3) is 52.5. The zero-order chi connectivity index (χ0) is 30.3. The van der Waals surface area contributed by atoms with E-state index in [-0.39, 0.29) is 34.4 Å². The number of carbonyl (C=O) groups is 4. The van der Waals surface area contributed by atoms with Crippen LogP contribution in [0.25, 0.3) is 0 Å². The highest BCUT2D eigenvalue weighted by Crippen LogP contribution is 2.21. The summed E-state index contributed by atoms with van der Waals surface area (Å²) >= 11 is 0. The van der Waals surface area contributed by atoms with Crippen molar-refractivity contribution in [2.75, 3.05) is 0 Å². The Morgan fingerprint density at radius 3 is 0.846 bits per heavy atom. The van der Waals surface area contributed by atoms with E-state index in [4.69, 9.17) is 0 Å². The van der Waals surface area contributed by atoms with Crippen molar-refractivity contribution in [3.8, 4) is 0 Å². The van der Waals surface area contributed by atoms with Gasteiger partial charge in [-0.3, -0.25) is 9.59 Å². The van der Waals surface area contributed by atoms with Crippen molar-refractivity contribution < 1.29 is 73.2 Å². The SMILES string of the molecule is C.C.C.CC(=O)OC(C)(C)F.CC(=O)OC(C)C.CC(C)(F)OC(=O)C(F)(F)F.CC(C)OC(=O)C(F)(F)F. The lowest BCUT2D eigenvalue weighted by atomic mass is 10.4. The lowest BCUT2D eigenvalue weighted by Gasteiger charge is -2.15. The minimum Gasteiger partial charge on any atom is -0.463 e. The molecule has 39 heavy (non-hydrogen) atoms. The van der Waals surface area contributed by atoms with Crippen LogP contribution in [0.2, 0.25) is 0 Å². The van der Waals surface area contributed by atoms with Gasteiger partial charge in [-0.25, -0.2) is 9.59 Å². The molecule has 0 aromatic heterocycles. The maximum Gasteiger partial charge on any atom is 0.491 e. The van der Waals surface area contributed by atoms with Crippen molar-refractivity contribution in [1.82, 2.24) is 0 Å². The van der Waals surface area contributed by atoms with E-state index in [0.29, 0.717) is 13.8 Å². The Labute approximate surface area is 225 Å². The van der Waals surface area contributed by atoms with Gasteiger partial charge in [0.25, 0.3) is 0 Å². The van der Waals surface area contributed by atoms with Crippen LogP contribution >= 0.6 is 0 Å². The summed E-state index contributed by atoms with van der Waals surface area (Å²) in [4.78, 5) is 39.8. The fraction of sp³-hybridized carbons (Fsp3) is 0.826. The number of carbonyl (C=O) groups excluding carboxylic acids is 4. The summed E-state index contributed by atoms with van der Waals surface area (Å²) in [5.74, 6) is -9.89. The average Bonchev–Trinajstić information content (AvgIpc) is 2.48. The van der Waals surface area contributed by atoms with Gasteiger partial charge in [0, 0.05) is 41.5 Å². The van der Waals surface area contributed by atoms with Crippen LogP contribution in [0.15, 0.2) is 0 Å². The largest absolute Gasteiger partial charge is 0.491 e. The molecule has 0 rings (SSSR count). The van der Waals surface area contributed by atoms with Crippen molar-refractivity contribution in [3.05, 3.63) is 0 Å². The first-order valence-corrected chi connectivity index (χ1v) is 9.83. The number of ether oxygens (including phenoxy) is 4. The van der Waals surface area contributed by atoms with Crippen LogP contribution in [0.1, 0.15) is 91.5 Å². The van der Waals surface area contributed by atoms with Crippen LogP contribution in [-0.2, 0) is 38.1 Å². The second-order valence-corrected chi connectivity index (χ2v) is 7.82. The fourth-order valence-corrected chi connectivity index (χ4v) is 1.23.